The molecule has 0 aromatic carbocycles. The van der Waals surface area contributed by atoms with Gasteiger partial charge in [0.1, 0.15) is 0 Å². The van der Waals surface area contributed by atoms with Gasteiger partial charge >= 0.3 is 0 Å². The fourth-order valence-electron chi connectivity index (χ4n) is 2.00. The van der Waals surface area contributed by atoms with Crippen LogP contribution in [0.5, 0.6) is 0 Å². The summed E-state index contributed by atoms with van der Waals surface area (Å²) in [7, 11) is 1.77. The second-order valence-corrected chi connectivity index (χ2v) is 4.24. The smallest absolute Gasteiger partial charge is 0.0710 e. The Morgan fingerprint density at radius 2 is 2.40 bits per heavy atom. The molecule has 0 spiro atoms. The molecule has 0 radical (unpaired) electrons. The third kappa shape index (κ3) is 4.47. The Balaban J connectivity index is 2.20. The van der Waals surface area contributed by atoms with E-state index in [4.69, 9.17) is 4.74 Å². The molecule has 0 bridgehead atoms. The minimum Gasteiger partial charge on any atom is -0.395 e. The van der Waals surface area contributed by atoms with Gasteiger partial charge in [-0.25, -0.2) is 0 Å². The summed E-state index contributed by atoms with van der Waals surface area (Å²) in [5.74, 6) is 0. The van der Waals surface area contributed by atoms with E-state index in [0.717, 1.165) is 39.0 Å². The van der Waals surface area contributed by atoms with E-state index in [1.54, 1.807) is 7.11 Å². The van der Waals surface area contributed by atoms with E-state index in [2.05, 4.69) is 17.1 Å². The van der Waals surface area contributed by atoms with Gasteiger partial charge in [0.05, 0.1) is 12.7 Å². The van der Waals surface area contributed by atoms with Crippen LogP contribution in [0.1, 0.15) is 19.8 Å². The van der Waals surface area contributed by atoms with Crippen LogP contribution in [0.3, 0.4) is 0 Å². The van der Waals surface area contributed by atoms with Crippen molar-refractivity contribution in [3.05, 3.63) is 0 Å². The van der Waals surface area contributed by atoms with Crippen LogP contribution in [-0.4, -0.2) is 62.0 Å². The molecule has 0 saturated carbocycles. The van der Waals surface area contributed by atoms with E-state index in [9.17, 15) is 5.11 Å². The highest BCUT2D eigenvalue weighted by Crippen LogP contribution is 2.11. The first-order valence-corrected chi connectivity index (χ1v) is 5.89. The molecule has 4 heteroatoms. The van der Waals surface area contributed by atoms with Crippen LogP contribution in [0, 0.1) is 0 Å². The number of aliphatic hydroxyl groups excluding tert-OH is 1. The van der Waals surface area contributed by atoms with Crippen molar-refractivity contribution in [3.8, 4) is 0 Å². The van der Waals surface area contributed by atoms with E-state index >= 15 is 0 Å². The van der Waals surface area contributed by atoms with Crippen molar-refractivity contribution in [2.45, 2.75) is 31.9 Å². The molecule has 15 heavy (non-hydrogen) atoms. The van der Waals surface area contributed by atoms with Crippen molar-refractivity contribution < 1.29 is 9.84 Å². The lowest BCUT2D eigenvalue weighted by Gasteiger charge is -2.23. The van der Waals surface area contributed by atoms with Gasteiger partial charge in [-0.05, 0) is 19.4 Å². The second kappa shape index (κ2) is 7.17. The van der Waals surface area contributed by atoms with Crippen LogP contribution in [-0.2, 0) is 4.74 Å². The molecule has 90 valence electrons. The lowest BCUT2D eigenvalue weighted by molar-refractivity contribution is 0.104. The second-order valence-electron chi connectivity index (χ2n) is 4.24. The first-order chi connectivity index (χ1) is 7.30. The van der Waals surface area contributed by atoms with Crippen LogP contribution >= 0.6 is 0 Å². The highest BCUT2D eigenvalue weighted by atomic mass is 16.5. The molecule has 0 aromatic heterocycles. The Hall–Kier alpha value is -0.160. The molecular formula is C11H24N2O2. The van der Waals surface area contributed by atoms with Crippen LogP contribution in [0.15, 0.2) is 0 Å². The number of likely N-dealkylation sites (tertiary alicyclic amines) is 1. The number of nitrogens with zero attached hydrogens (tertiary/aromatic N) is 1. The average molecular weight is 216 g/mol. The predicted molar refractivity (Wildman–Crippen MR) is 61.0 cm³/mol. The highest BCUT2D eigenvalue weighted by molar-refractivity contribution is 4.79. The van der Waals surface area contributed by atoms with E-state index < -0.39 is 0 Å². The van der Waals surface area contributed by atoms with Crippen molar-refractivity contribution >= 4 is 0 Å². The number of ether oxygens (including phenoxy) is 1. The SMILES string of the molecule is CCCNC(CO)CN1CCC(OC)C1. The summed E-state index contributed by atoms with van der Waals surface area (Å²) in [5, 5.41) is 12.6. The van der Waals surface area contributed by atoms with Crippen molar-refractivity contribution in [2.24, 2.45) is 0 Å². The van der Waals surface area contributed by atoms with Gasteiger partial charge in [0.15, 0.2) is 0 Å². The van der Waals surface area contributed by atoms with Gasteiger partial charge in [-0.1, -0.05) is 6.92 Å². The van der Waals surface area contributed by atoms with Gasteiger partial charge < -0.3 is 15.2 Å². The summed E-state index contributed by atoms with van der Waals surface area (Å²) in [5.41, 5.74) is 0. The molecule has 1 aliphatic heterocycles. The molecule has 1 saturated heterocycles. The molecule has 0 amide bonds. The van der Waals surface area contributed by atoms with Gasteiger partial charge in [0, 0.05) is 32.8 Å². The zero-order valence-electron chi connectivity index (χ0n) is 9.91. The molecule has 2 N–H and O–H groups in total. The van der Waals surface area contributed by atoms with Gasteiger partial charge in [-0.3, -0.25) is 4.90 Å². The molecule has 1 rings (SSSR count). The standard InChI is InChI=1S/C11H24N2O2/c1-3-5-12-10(9-14)7-13-6-4-11(8-13)15-2/h10-12,14H,3-9H2,1-2H3. The predicted octanol–water partition coefficient (Wildman–Crippen LogP) is 0.0676. The normalized spacial score (nSPS) is 24.6. The fraction of sp³-hybridized carbons (Fsp3) is 1.00. The highest BCUT2D eigenvalue weighted by Gasteiger charge is 2.23. The topological polar surface area (TPSA) is 44.7 Å². The Morgan fingerprint density at radius 1 is 1.60 bits per heavy atom. The van der Waals surface area contributed by atoms with Crippen molar-refractivity contribution in [1.29, 1.82) is 0 Å². The minimum atomic E-state index is 0.209. The van der Waals surface area contributed by atoms with E-state index in [1.165, 1.54) is 0 Å². The first kappa shape index (κ1) is 12.9. The molecule has 1 fully saturated rings. The number of nitrogens with one attached hydrogen (secondary N) is 1. The maximum absolute atomic E-state index is 9.22. The molecule has 0 aliphatic carbocycles. The van der Waals surface area contributed by atoms with E-state index in [-0.39, 0.29) is 12.6 Å². The van der Waals surface area contributed by atoms with Gasteiger partial charge in [0.25, 0.3) is 0 Å². The number of hydrogen-bond donors (Lipinski definition) is 2. The molecule has 1 aliphatic rings. The Morgan fingerprint density at radius 3 is 2.93 bits per heavy atom. The van der Waals surface area contributed by atoms with Crippen molar-refractivity contribution in [2.75, 3.05) is 39.9 Å². The van der Waals surface area contributed by atoms with Crippen molar-refractivity contribution in [1.82, 2.24) is 10.2 Å². The number of methoxy groups -OCH3 is 1. The summed E-state index contributed by atoms with van der Waals surface area (Å²) in [4.78, 5) is 2.36. The van der Waals surface area contributed by atoms with Crippen LogP contribution in [0.25, 0.3) is 0 Å². The van der Waals surface area contributed by atoms with Gasteiger partial charge in [-0.2, -0.15) is 0 Å². The Kier molecular flexibility index (Phi) is 6.17. The molecule has 4 nitrogen and oxygen atoms in total. The molecule has 0 aromatic rings. The molecule has 1 heterocycles. The van der Waals surface area contributed by atoms with Crippen LogP contribution in [0.2, 0.25) is 0 Å². The Bertz CT molecular complexity index is 167. The minimum absolute atomic E-state index is 0.209. The van der Waals surface area contributed by atoms with Gasteiger partial charge in [-0.15, -0.1) is 0 Å². The zero-order valence-corrected chi connectivity index (χ0v) is 9.91. The summed E-state index contributed by atoms with van der Waals surface area (Å²) in [6.07, 6.45) is 2.61. The third-order valence-corrected chi connectivity index (χ3v) is 2.94. The van der Waals surface area contributed by atoms with E-state index in [1.807, 2.05) is 0 Å². The molecular weight excluding hydrogens is 192 g/mol. The number of rotatable bonds is 7. The van der Waals surface area contributed by atoms with E-state index in [0.29, 0.717) is 6.10 Å². The summed E-state index contributed by atoms with van der Waals surface area (Å²) in [6.45, 7) is 6.35. The zero-order chi connectivity index (χ0) is 11.1. The fourth-order valence-corrected chi connectivity index (χ4v) is 2.00. The lowest BCUT2D eigenvalue weighted by Crippen LogP contribution is -2.43. The van der Waals surface area contributed by atoms with Gasteiger partial charge in [0.2, 0.25) is 0 Å². The average Bonchev–Trinajstić information content (AvgIpc) is 2.71. The number of hydrogen-bond acceptors (Lipinski definition) is 4. The van der Waals surface area contributed by atoms with Crippen LogP contribution in [0.4, 0.5) is 0 Å². The molecule has 2 unspecified atom stereocenters. The Labute approximate surface area is 92.6 Å². The first-order valence-electron chi connectivity index (χ1n) is 5.89. The maximum atomic E-state index is 9.22. The summed E-state index contributed by atoms with van der Waals surface area (Å²) < 4.78 is 5.31. The number of aliphatic hydroxyl groups is 1. The lowest BCUT2D eigenvalue weighted by atomic mass is 10.3. The monoisotopic (exact) mass is 216 g/mol. The summed E-state index contributed by atoms with van der Waals surface area (Å²) in [6, 6.07) is 0.209. The quantitative estimate of drug-likeness (QED) is 0.632. The third-order valence-electron chi connectivity index (χ3n) is 2.94. The van der Waals surface area contributed by atoms with Crippen LogP contribution < -0.4 is 5.32 Å². The van der Waals surface area contributed by atoms with Crippen molar-refractivity contribution in [3.63, 3.8) is 0 Å². The largest absolute Gasteiger partial charge is 0.395 e. The maximum Gasteiger partial charge on any atom is 0.0710 e. The molecule has 2 atom stereocenters. The summed E-state index contributed by atoms with van der Waals surface area (Å²) >= 11 is 0.